The fourth-order valence-corrected chi connectivity index (χ4v) is 2.44. The van der Waals surface area contributed by atoms with Gasteiger partial charge in [0, 0.05) is 18.3 Å². The van der Waals surface area contributed by atoms with Crippen LogP contribution in [0.2, 0.25) is 0 Å². The summed E-state index contributed by atoms with van der Waals surface area (Å²) in [6.45, 7) is 0. The van der Waals surface area contributed by atoms with E-state index in [9.17, 15) is 14.7 Å². The van der Waals surface area contributed by atoms with Gasteiger partial charge in [0.25, 0.3) is 0 Å². The van der Waals surface area contributed by atoms with Crippen molar-refractivity contribution in [2.45, 2.75) is 31.7 Å². The zero-order valence-electron chi connectivity index (χ0n) is 8.68. The van der Waals surface area contributed by atoms with Gasteiger partial charge in [0.1, 0.15) is 5.71 Å². The summed E-state index contributed by atoms with van der Waals surface area (Å²) < 4.78 is 0. The first-order valence-electron chi connectivity index (χ1n) is 5.31. The van der Waals surface area contributed by atoms with Gasteiger partial charge in [-0.1, -0.05) is 6.08 Å². The van der Waals surface area contributed by atoms with Crippen LogP contribution < -0.4 is 5.11 Å². The Hall–Kier alpha value is -1.65. The predicted octanol–water partition coefficient (Wildman–Crippen LogP) is -0.239. The number of aliphatic imine (C=N–C) groups is 1. The molecule has 1 heterocycles. The van der Waals surface area contributed by atoms with Crippen LogP contribution in [0.15, 0.2) is 16.6 Å². The summed E-state index contributed by atoms with van der Waals surface area (Å²) in [5.74, 6) is -2.29. The molecule has 1 N–H and O–H groups in total. The van der Waals surface area contributed by atoms with Crippen molar-refractivity contribution in [3.8, 4) is 0 Å². The molecule has 0 amide bonds. The largest absolute Gasteiger partial charge is 0.550 e. The molecular formula is C11H12NO4-. The standard InChI is InChI=1S/C11H13NO4/c13-9(14)5-8-6-3-1-2-4-7(6)10(12-8)11(15)16/h4,6,8H,1-3,5H2,(H,13,14)(H,15,16)/p-1. The molecule has 0 fully saturated rings. The fraction of sp³-hybridized carbons (Fsp3) is 0.545. The third kappa shape index (κ3) is 1.85. The lowest BCUT2D eigenvalue weighted by atomic mass is 9.82. The smallest absolute Gasteiger partial charge is 0.354 e. The second-order valence-electron chi connectivity index (χ2n) is 4.12. The Morgan fingerprint density at radius 1 is 1.56 bits per heavy atom. The van der Waals surface area contributed by atoms with Gasteiger partial charge in [-0.05, 0) is 24.8 Å². The van der Waals surface area contributed by atoms with Crippen LogP contribution >= 0.6 is 0 Å². The highest BCUT2D eigenvalue weighted by molar-refractivity contribution is 6.43. The zero-order chi connectivity index (χ0) is 11.7. The molecular weight excluding hydrogens is 210 g/mol. The summed E-state index contributed by atoms with van der Waals surface area (Å²) in [7, 11) is 0. The van der Waals surface area contributed by atoms with Gasteiger partial charge in [-0.25, -0.2) is 4.79 Å². The van der Waals surface area contributed by atoms with Crippen LogP contribution in [0.5, 0.6) is 0 Å². The van der Waals surface area contributed by atoms with Crippen LogP contribution in [0.25, 0.3) is 0 Å². The first kappa shape index (κ1) is 10.9. The number of carboxylic acid groups (broad SMARTS) is 2. The molecule has 2 unspecified atom stereocenters. The predicted molar refractivity (Wildman–Crippen MR) is 53.9 cm³/mol. The van der Waals surface area contributed by atoms with Crippen molar-refractivity contribution in [3.63, 3.8) is 0 Å². The second-order valence-corrected chi connectivity index (χ2v) is 4.12. The molecule has 2 aliphatic rings. The van der Waals surface area contributed by atoms with E-state index in [-0.39, 0.29) is 18.1 Å². The number of fused-ring (bicyclic) bond motifs is 1. The van der Waals surface area contributed by atoms with Gasteiger partial charge in [0.15, 0.2) is 0 Å². The molecule has 0 bridgehead atoms. The maximum Gasteiger partial charge on any atom is 0.354 e. The molecule has 0 aromatic carbocycles. The molecule has 5 nitrogen and oxygen atoms in total. The highest BCUT2D eigenvalue weighted by atomic mass is 16.4. The minimum absolute atomic E-state index is 0.0379. The van der Waals surface area contributed by atoms with E-state index in [0.717, 1.165) is 19.3 Å². The van der Waals surface area contributed by atoms with Gasteiger partial charge in [0.05, 0.1) is 6.04 Å². The molecule has 0 spiro atoms. The summed E-state index contributed by atoms with van der Waals surface area (Å²) in [6, 6.07) is -0.456. The zero-order valence-corrected chi connectivity index (χ0v) is 8.68. The van der Waals surface area contributed by atoms with E-state index in [0.29, 0.717) is 5.57 Å². The van der Waals surface area contributed by atoms with E-state index in [4.69, 9.17) is 5.11 Å². The third-order valence-corrected chi connectivity index (χ3v) is 3.09. The fourth-order valence-electron chi connectivity index (χ4n) is 2.44. The van der Waals surface area contributed by atoms with Gasteiger partial charge >= 0.3 is 5.97 Å². The average Bonchev–Trinajstić information content (AvgIpc) is 2.57. The summed E-state index contributed by atoms with van der Waals surface area (Å²) in [5.41, 5.74) is 0.751. The van der Waals surface area contributed by atoms with E-state index in [1.165, 1.54) is 0 Å². The topological polar surface area (TPSA) is 89.8 Å². The van der Waals surface area contributed by atoms with E-state index >= 15 is 0 Å². The van der Waals surface area contributed by atoms with Crippen molar-refractivity contribution < 1.29 is 19.8 Å². The molecule has 0 aromatic heterocycles. The molecule has 86 valence electrons. The quantitative estimate of drug-likeness (QED) is 0.713. The Kier molecular flexibility index (Phi) is 2.77. The summed E-state index contributed by atoms with van der Waals surface area (Å²) in [6.07, 6.45) is 4.29. The number of allylic oxidation sites excluding steroid dienone is 1. The van der Waals surface area contributed by atoms with Crippen molar-refractivity contribution in [3.05, 3.63) is 11.6 Å². The lowest BCUT2D eigenvalue weighted by Gasteiger charge is -2.22. The molecule has 0 aromatic rings. The van der Waals surface area contributed by atoms with Gasteiger partial charge in [-0.15, -0.1) is 0 Å². The number of nitrogens with zero attached hydrogens (tertiary/aromatic N) is 1. The molecule has 2 atom stereocenters. The highest BCUT2D eigenvalue weighted by Gasteiger charge is 2.37. The normalized spacial score (nSPS) is 28.0. The molecule has 0 saturated heterocycles. The van der Waals surface area contributed by atoms with E-state index in [2.05, 4.69) is 4.99 Å². The van der Waals surface area contributed by atoms with Crippen molar-refractivity contribution in [2.75, 3.05) is 0 Å². The number of rotatable bonds is 3. The SMILES string of the molecule is O=C([O-])CC1N=C(C(=O)O)C2=CCCCC21. The maximum absolute atomic E-state index is 11.0. The van der Waals surface area contributed by atoms with E-state index in [1.54, 1.807) is 0 Å². The Labute approximate surface area is 92.5 Å². The molecule has 1 aliphatic heterocycles. The first-order valence-corrected chi connectivity index (χ1v) is 5.31. The Bertz CT molecular complexity index is 397. The van der Waals surface area contributed by atoms with Crippen LogP contribution in [-0.2, 0) is 9.59 Å². The molecule has 0 radical (unpaired) electrons. The molecule has 5 heteroatoms. The van der Waals surface area contributed by atoms with Gasteiger partial charge in [0.2, 0.25) is 0 Å². The van der Waals surface area contributed by atoms with E-state index < -0.39 is 18.0 Å². The molecule has 16 heavy (non-hydrogen) atoms. The Morgan fingerprint density at radius 3 is 2.94 bits per heavy atom. The summed E-state index contributed by atoms with van der Waals surface area (Å²) >= 11 is 0. The molecule has 0 saturated carbocycles. The van der Waals surface area contributed by atoms with Crippen LogP contribution in [-0.4, -0.2) is 28.8 Å². The number of hydrogen-bond acceptors (Lipinski definition) is 4. The number of aliphatic carboxylic acids is 2. The van der Waals surface area contributed by atoms with Crippen molar-refractivity contribution in [1.82, 2.24) is 0 Å². The van der Waals surface area contributed by atoms with Crippen LogP contribution in [0.4, 0.5) is 0 Å². The number of carbonyl (C=O) groups excluding carboxylic acids is 1. The van der Waals surface area contributed by atoms with Crippen LogP contribution in [0.1, 0.15) is 25.7 Å². The van der Waals surface area contributed by atoms with Crippen LogP contribution in [0, 0.1) is 5.92 Å². The number of hydrogen-bond donors (Lipinski definition) is 1. The summed E-state index contributed by atoms with van der Waals surface area (Å²) in [4.78, 5) is 25.5. The average molecular weight is 222 g/mol. The minimum atomic E-state index is -1.18. The monoisotopic (exact) mass is 222 g/mol. The second kappa shape index (κ2) is 4.08. The van der Waals surface area contributed by atoms with E-state index in [1.807, 2.05) is 6.08 Å². The Morgan fingerprint density at radius 2 is 2.31 bits per heavy atom. The maximum atomic E-state index is 11.0. The van der Waals surface area contributed by atoms with Gasteiger partial charge in [-0.2, -0.15) is 0 Å². The minimum Gasteiger partial charge on any atom is -0.550 e. The first-order chi connectivity index (χ1) is 7.59. The number of carbonyl (C=O) groups is 2. The molecule has 2 rings (SSSR count). The van der Waals surface area contributed by atoms with Gasteiger partial charge < -0.3 is 15.0 Å². The van der Waals surface area contributed by atoms with Crippen molar-refractivity contribution in [1.29, 1.82) is 0 Å². The molecule has 1 aliphatic carbocycles. The Balaban J connectivity index is 2.28. The lowest BCUT2D eigenvalue weighted by Crippen LogP contribution is -2.30. The van der Waals surface area contributed by atoms with Crippen LogP contribution in [0.3, 0.4) is 0 Å². The third-order valence-electron chi connectivity index (χ3n) is 3.09. The van der Waals surface area contributed by atoms with Gasteiger partial charge in [-0.3, -0.25) is 4.99 Å². The highest BCUT2D eigenvalue weighted by Crippen LogP contribution is 2.36. The van der Waals surface area contributed by atoms with Crippen molar-refractivity contribution in [2.24, 2.45) is 10.9 Å². The lowest BCUT2D eigenvalue weighted by molar-refractivity contribution is -0.306. The summed E-state index contributed by atoms with van der Waals surface area (Å²) in [5, 5.41) is 19.5. The number of carboxylic acids is 2. The van der Waals surface area contributed by atoms with Crippen molar-refractivity contribution >= 4 is 17.7 Å².